The summed E-state index contributed by atoms with van der Waals surface area (Å²) >= 11 is 0. The molecular formula is C71H66F14N24O4. The molecule has 3 saturated heterocycles. The summed E-state index contributed by atoms with van der Waals surface area (Å²) in [5.41, 5.74) is 4.42. The number of nitrogens with zero attached hydrogens (tertiary/aromatic N) is 15. The van der Waals surface area contributed by atoms with E-state index in [2.05, 4.69) is 90.4 Å². The van der Waals surface area contributed by atoms with Crippen LogP contribution in [-0.2, 0) is 19.2 Å². The Kier molecular flexibility index (Phi) is 23.6. The summed E-state index contributed by atoms with van der Waals surface area (Å²) < 4.78 is 180. The van der Waals surface area contributed by atoms with Crippen LogP contribution >= 0.6 is 0 Å². The molecule has 42 heteroatoms. The van der Waals surface area contributed by atoms with Gasteiger partial charge in [0.15, 0.2) is 23.3 Å². The van der Waals surface area contributed by atoms with Crippen LogP contribution in [0.15, 0.2) is 147 Å². The lowest BCUT2D eigenvalue weighted by atomic mass is 10.0. The van der Waals surface area contributed by atoms with Gasteiger partial charge in [0.25, 0.3) is 5.92 Å². The number of halogens is 14. The molecule has 3 aliphatic heterocycles. The van der Waals surface area contributed by atoms with E-state index in [0.29, 0.717) is 62.3 Å². The largest absolute Gasteiger partial charge is 0.405 e. The Morgan fingerprint density at radius 3 is 1.14 bits per heavy atom. The molecule has 0 saturated carbocycles. The van der Waals surface area contributed by atoms with Crippen LogP contribution in [0, 0.1) is 0 Å². The van der Waals surface area contributed by atoms with Crippen molar-refractivity contribution in [3.63, 3.8) is 0 Å². The molecule has 28 nitrogen and oxygen atoms in total. The second-order valence-corrected chi connectivity index (χ2v) is 26.3. The molecule has 0 aliphatic carbocycles. The van der Waals surface area contributed by atoms with Crippen molar-refractivity contribution in [1.82, 2.24) is 101 Å². The number of nitrogens with one attached hydrogen (secondary N) is 9. The Morgan fingerprint density at radius 2 is 0.788 bits per heavy atom. The average Bonchev–Trinajstić information content (AvgIpc) is 1.63. The normalized spacial score (nSPS) is 17.6. The Labute approximate surface area is 629 Å². The lowest BCUT2D eigenvalue weighted by molar-refractivity contribution is -0.139. The molecule has 0 aromatic carbocycles. The molecule has 9 N–H and O–H groups in total. The number of pyridine rings is 4. The smallest absolute Gasteiger partial charge is 0.356 e. The van der Waals surface area contributed by atoms with Gasteiger partial charge in [-0.2, -0.15) is 39.5 Å². The zero-order valence-corrected chi connectivity index (χ0v) is 59.2. The number of anilines is 4. The minimum Gasteiger partial charge on any atom is -0.356 e. The fourth-order valence-electron chi connectivity index (χ4n) is 12.6. The first-order valence-electron chi connectivity index (χ1n) is 34.4. The second-order valence-electron chi connectivity index (χ2n) is 26.3. The van der Waals surface area contributed by atoms with Crippen molar-refractivity contribution >= 4 is 91.0 Å². The van der Waals surface area contributed by atoms with Gasteiger partial charge in [-0.15, -0.1) is 0 Å². The molecule has 0 unspecified atom stereocenters. The lowest BCUT2D eigenvalue weighted by Crippen LogP contribution is -2.48. The van der Waals surface area contributed by atoms with Crippen LogP contribution in [-0.4, -0.2) is 216 Å². The van der Waals surface area contributed by atoms with Gasteiger partial charge in [-0.1, -0.05) is 0 Å². The molecule has 12 aromatic heterocycles. The van der Waals surface area contributed by atoms with Crippen molar-refractivity contribution < 1.29 is 80.6 Å². The van der Waals surface area contributed by atoms with E-state index in [-0.39, 0.29) is 61.7 Å². The fraction of sp³-hybridized carbons (Fsp3) is 0.324. The van der Waals surface area contributed by atoms with Crippen molar-refractivity contribution in [3.05, 3.63) is 147 Å². The summed E-state index contributed by atoms with van der Waals surface area (Å²) in [6.45, 7) is -2.87. The number of hydrogen-bond acceptors (Lipinski definition) is 20. The topological polar surface area (TPSA) is 356 Å². The first-order chi connectivity index (χ1) is 53.8. The maximum Gasteiger partial charge on any atom is 0.405 e. The van der Waals surface area contributed by atoms with Crippen molar-refractivity contribution in [2.75, 3.05) is 72.5 Å². The molecule has 15 heterocycles. The number of carbonyl (C=O) groups is 4. The van der Waals surface area contributed by atoms with Crippen LogP contribution < -0.4 is 41.3 Å². The molecule has 5 atom stereocenters. The van der Waals surface area contributed by atoms with Crippen LogP contribution in [0.25, 0.3) is 89.7 Å². The zero-order valence-electron chi connectivity index (χ0n) is 59.2. The predicted molar refractivity (Wildman–Crippen MR) is 384 cm³/mol. The van der Waals surface area contributed by atoms with E-state index in [1.165, 1.54) is 46.6 Å². The highest BCUT2D eigenvalue weighted by Gasteiger charge is 2.50. The van der Waals surface area contributed by atoms with E-state index in [4.69, 9.17) is 0 Å². The maximum absolute atomic E-state index is 14.0. The Bertz CT molecular complexity index is 5180. The van der Waals surface area contributed by atoms with Gasteiger partial charge in [0, 0.05) is 144 Å². The van der Waals surface area contributed by atoms with Crippen LogP contribution in [0.5, 0.6) is 0 Å². The highest BCUT2D eigenvalue weighted by atomic mass is 19.4. The minimum atomic E-state index is -4.65. The van der Waals surface area contributed by atoms with E-state index in [9.17, 15) is 80.6 Å². The highest BCUT2D eigenvalue weighted by Crippen LogP contribution is 2.38. The first kappa shape index (κ1) is 79.7. The third kappa shape index (κ3) is 19.7. The SMILES string of the molecule is CC(C)(Nc1ccnc(-c2c[nH]c3ncccc23)n1)C(=O)NCCF.O=C(NCC(F)(F)F)[C@H]1CC(F)(F)CN1c1ccnc(-c2c[nH]c3ncccc23)n1.O=C(NCC(F)(F)F)[C@H]1C[C@@H](F)CN1c1ccnc(-c2c[nH]c3ncccc23)n1.O=C(NCC(F)(F)F)[C@H]1C[C@@H](F)CN1c1ccnc(-c2c[nH]c3ncccc23)n1. The number of H-pyrrole nitrogens is 4. The van der Waals surface area contributed by atoms with Gasteiger partial charge in [0.2, 0.25) is 23.6 Å². The number of carbonyl (C=O) groups excluding carboxylic acids is 4. The minimum absolute atomic E-state index is 0.0126. The van der Waals surface area contributed by atoms with Crippen LogP contribution in [0.3, 0.4) is 0 Å². The van der Waals surface area contributed by atoms with Crippen molar-refractivity contribution in [3.8, 4) is 45.6 Å². The van der Waals surface area contributed by atoms with Crippen molar-refractivity contribution in [2.24, 2.45) is 0 Å². The van der Waals surface area contributed by atoms with Gasteiger partial charge in [-0.3, -0.25) is 19.2 Å². The first-order valence-corrected chi connectivity index (χ1v) is 34.4. The highest BCUT2D eigenvalue weighted by molar-refractivity contribution is 5.96. The van der Waals surface area contributed by atoms with E-state index >= 15 is 0 Å². The number of aromatic amines is 4. The van der Waals surface area contributed by atoms with E-state index in [1.54, 1.807) is 105 Å². The summed E-state index contributed by atoms with van der Waals surface area (Å²) in [7, 11) is 0. The maximum atomic E-state index is 14.0. The molecule has 113 heavy (non-hydrogen) atoms. The molecule has 12 aromatic rings. The van der Waals surface area contributed by atoms with Crippen molar-refractivity contribution in [2.45, 2.75) is 93.6 Å². The third-order valence-corrected chi connectivity index (χ3v) is 17.7. The quantitative estimate of drug-likeness (QED) is 0.0360. The van der Waals surface area contributed by atoms with E-state index < -0.39 is 117 Å². The second kappa shape index (κ2) is 33.4. The van der Waals surface area contributed by atoms with Gasteiger partial charge in [0.05, 0.1) is 19.6 Å². The van der Waals surface area contributed by atoms with E-state index in [0.717, 1.165) is 32.3 Å². The van der Waals surface area contributed by atoms with E-state index in [1.807, 2.05) is 34.9 Å². The molecule has 3 aliphatic rings. The monoisotopic (exact) mass is 1580 g/mol. The third-order valence-electron chi connectivity index (χ3n) is 17.7. The van der Waals surface area contributed by atoms with Crippen LogP contribution in [0.1, 0.15) is 33.1 Å². The Morgan fingerprint density at radius 1 is 0.451 bits per heavy atom. The van der Waals surface area contributed by atoms with Crippen LogP contribution in [0.2, 0.25) is 0 Å². The number of rotatable bonds is 18. The van der Waals surface area contributed by atoms with Gasteiger partial charge in [0.1, 0.15) is 108 Å². The molecule has 3 fully saturated rings. The zero-order chi connectivity index (χ0) is 80.6. The molecule has 0 spiro atoms. The number of amides is 4. The summed E-state index contributed by atoms with van der Waals surface area (Å²) in [5, 5.41) is 14.1. The standard InChI is InChI=1S/C18H15F5N6O.2C18H16F4N6O.C17H19FN6O/c19-17(20)6-12(16(30)27-8-18(21,22)23)29(9-17)13-3-5-25-15(28-13)11-7-26-14-10(11)2-1-4-24-14;2*19-10-6-13(17(29)26-9-18(20,21)22)28(8-10)14-3-5-24-16(27-14)12-7-25-15-11(12)2-1-4-23-15;1-17(2,16(25)21-9-6-18)24-13-5-8-20-15(23-13)12-10-22-14-11(12)4-3-7-19-14/h1-5,7,12H,6,8-9H2,(H,24,26)(H,27,30);2*1-5,7,10,13H,6,8-9H2,(H,23,25)(H,26,29);3-5,7-8,10H,6,9H2,1-2H3,(H,19,22)(H,21,25)(H,20,23,24)/t12-;2*10-,13-;/m111./s1. The Balaban J connectivity index is 0.000000140. The van der Waals surface area contributed by atoms with Gasteiger partial charge in [-0.25, -0.2) is 81.8 Å². The number of hydrogen-bond donors (Lipinski definition) is 9. The van der Waals surface area contributed by atoms with Gasteiger partial charge < -0.3 is 61.2 Å². The molecule has 0 bridgehead atoms. The summed E-state index contributed by atoms with van der Waals surface area (Å²) in [6.07, 6.45) is 1.48. The molecule has 4 amide bonds. The van der Waals surface area contributed by atoms with Gasteiger partial charge >= 0.3 is 18.5 Å². The predicted octanol–water partition coefficient (Wildman–Crippen LogP) is 10.4. The number of fused-ring (bicyclic) bond motifs is 4. The molecule has 592 valence electrons. The lowest BCUT2D eigenvalue weighted by Gasteiger charge is -2.25. The van der Waals surface area contributed by atoms with Gasteiger partial charge in [-0.05, 0) is 86.6 Å². The fourth-order valence-corrected chi connectivity index (χ4v) is 12.6. The number of aromatic nitrogens is 16. The summed E-state index contributed by atoms with van der Waals surface area (Å²) in [6, 6.07) is 16.8. The summed E-state index contributed by atoms with van der Waals surface area (Å²) in [4.78, 5) is 116. The molecule has 15 rings (SSSR count). The van der Waals surface area contributed by atoms with Crippen LogP contribution in [0.4, 0.5) is 84.7 Å². The Hall–Kier alpha value is -12.8. The molecule has 0 radical (unpaired) electrons. The number of alkyl halides is 14. The average molecular weight is 1590 g/mol. The molecular weight excluding hydrogens is 1520 g/mol. The van der Waals surface area contributed by atoms with Crippen molar-refractivity contribution in [1.29, 1.82) is 0 Å². The summed E-state index contributed by atoms with van der Waals surface area (Å²) in [5.74, 6) is -4.04.